The molecule has 0 fully saturated rings. The van der Waals surface area contributed by atoms with Gasteiger partial charge in [-0.15, -0.1) is 0 Å². The molecule has 10 heteroatoms. The van der Waals surface area contributed by atoms with Crippen LogP contribution in [0.5, 0.6) is 0 Å². The van der Waals surface area contributed by atoms with Crippen molar-refractivity contribution >= 4 is 79.0 Å². The lowest BCUT2D eigenvalue weighted by atomic mass is 9.92. The van der Waals surface area contributed by atoms with Gasteiger partial charge in [0.25, 0.3) is 0 Å². The predicted molar refractivity (Wildman–Crippen MR) is 265 cm³/mol. The van der Waals surface area contributed by atoms with Crippen molar-refractivity contribution in [3.8, 4) is 39.6 Å². The Morgan fingerprint density at radius 3 is 1.51 bits per heavy atom. The van der Waals surface area contributed by atoms with Crippen LogP contribution < -0.4 is 9.80 Å². The van der Waals surface area contributed by atoms with Crippen molar-refractivity contribution < 1.29 is 18.9 Å². The number of aryl methyl sites for hydroxylation is 1. The van der Waals surface area contributed by atoms with Crippen molar-refractivity contribution in [2.24, 2.45) is 7.05 Å². The Morgan fingerprint density at radius 2 is 1.03 bits per heavy atom. The highest BCUT2D eigenvalue weighted by Crippen LogP contribution is 2.48. The summed E-state index contributed by atoms with van der Waals surface area (Å²) >= 11 is 0. The first kappa shape index (κ1) is 40.3. The average molecular weight is 871 g/mol. The van der Waals surface area contributed by atoms with Gasteiger partial charge in [-0.3, -0.25) is 0 Å². The number of fused-ring (bicyclic) bond motifs is 4. The summed E-state index contributed by atoms with van der Waals surface area (Å²) in [5.41, 5.74) is 13.2. The largest absolute Gasteiger partial charge is 0.477 e. The molecule has 3 heterocycles. The van der Waals surface area contributed by atoms with E-state index in [1.165, 1.54) is 6.08 Å². The Kier molecular flexibility index (Phi) is 10.2. The van der Waals surface area contributed by atoms with E-state index in [0.29, 0.717) is 16.8 Å². The number of hydrogen-bond donors (Lipinski definition) is 1. The minimum atomic E-state index is -1.32. The number of aliphatic carboxylic acids is 1. The van der Waals surface area contributed by atoms with Crippen molar-refractivity contribution in [2.45, 2.75) is 0 Å². The number of benzene rings is 8. The number of aromatic nitrogens is 3. The fourth-order valence-electron chi connectivity index (χ4n) is 9.06. The molecule has 0 aliphatic rings. The summed E-state index contributed by atoms with van der Waals surface area (Å²) in [6.45, 7) is 0. The summed E-state index contributed by atoms with van der Waals surface area (Å²) in [6, 6.07) is 69.5. The second-order valence-corrected chi connectivity index (χ2v) is 16.0. The first-order valence-electron chi connectivity index (χ1n) is 21.6. The summed E-state index contributed by atoms with van der Waals surface area (Å²) in [6.07, 6.45) is 1.23. The van der Waals surface area contributed by atoms with E-state index in [1.54, 1.807) is 18.2 Å². The van der Waals surface area contributed by atoms with Gasteiger partial charge in [0.05, 0.1) is 5.52 Å². The maximum atomic E-state index is 11.6. The number of nitriles is 1. The second-order valence-electron chi connectivity index (χ2n) is 16.0. The normalized spacial score (nSPS) is 11.6. The minimum absolute atomic E-state index is 0.262. The van der Waals surface area contributed by atoms with Gasteiger partial charge >= 0.3 is 5.97 Å². The van der Waals surface area contributed by atoms with Crippen molar-refractivity contribution in [1.82, 2.24) is 14.9 Å². The number of anilines is 6. The molecule has 0 unspecified atom stereocenters. The zero-order valence-electron chi connectivity index (χ0n) is 36.0. The highest BCUT2D eigenvalue weighted by Gasteiger charge is 2.27. The summed E-state index contributed by atoms with van der Waals surface area (Å²) in [5.74, 6) is -0.534. The Hall–Kier alpha value is -9.46. The van der Waals surface area contributed by atoms with E-state index in [-0.39, 0.29) is 5.76 Å². The van der Waals surface area contributed by atoms with Crippen molar-refractivity contribution in [2.75, 3.05) is 9.80 Å². The van der Waals surface area contributed by atoms with Crippen molar-refractivity contribution in [3.63, 3.8) is 0 Å². The van der Waals surface area contributed by atoms with Gasteiger partial charge < -0.3 is 23.9 Å². The molecule has 1 N–H and O–H groups in total. The third-order valence-corrected chi connectivity index (χ3v) is 12.1. The number of nitrogens with zero attached hydrogens (tertiary/aromatic N) is 6. The molecular weight excluding hydrogens is 833 g/mol. The fraction of sp³-hybridized carbons (Fsp3) is 0.0175. The molecule has 11 rings (SSSR count). The lowest BCUT2D eigenvalue weighted by molar-refractivity contribution is -0.132. The summed E-state index contributed by atoms with van der Waals surface area (Å²) in [7, 11) is 2.05. The van der Waals surface area contributed by atoms with Crippen LogP contribution in [0.25, 0.3) is 72.5 Å². The standard InChI is InChI=1S/C57H38N6O4/c1-61-49-35-39(50-33-31-47(66-50)34-40(36-58)57(64)65)26-32-48(49)53-51(37-22-27-45(28-23-37)62(41-14-6-2-7-15-41)42-16-8-3-9-17-42)54-55(60-67-59-54)52(56(53)61)38-24-29-46(30-25-38)63(43-18-10-4-11-19-43)44-20-12-5-13-21-44/h2-35H,1H3,(H,64,65). The van der Waals surface area contributed by atoms with Crippen LogP contribution >= 0.6 is 0 Å². The van der Waals surface area contributed by atoms with Crippen molar-refractivity contribution in [3.05, 3.63) is 212 Å². The molecular formula is C57H38N6O4. The van der Waals surface area contributed by atoms with Crippen LogP contribution in [-0.2, 0) is 11.8 Å². The van der Waals surface area contributed by atoms with Gasteiger partial charge in [0.15, 0.2) is 0 Å². The van der Waals surface area contributed by atoms with E-state index in [4.69, 9.17) is 9.05 Å². The molecule has 3 aromatic heterocycles. The highest BCUT2D eigenvalue weighted by atomic mass is 16.6. The Bertz CT molecular complexity index is 3590. The molecule has 8 aromatic carbocycles. The number of rotatable bonds is 11. The van der Waals surface area contributed by atoms with Gasteiger partial charge in [-0.2, -0.15) is 5.26 Å². The molecule has 11 aromatic rings. The number of carboxylic acid groups (broad SMARTS) is 1. The van der Waals surface area contributed by atoms with Crippen LogP contribution in [0, 0.1) is 11.3 Å². The zero-order chi connectivity index (χ0) is 45.4. The molecule has 0 saturated heterocycles. The third-order valence-electron chi connectivity index (χ3n) is 12.1. The summed E-state index contributed by atoms with van der Waals surface area (Å²) < 4.78 is 13.9. The van der Waals surface area contributed by atoms with Crippen LogP contribution in [0.2, 0.25) is 0 Å². The summed E-state index contributed by atoms with van der Waals surface area (Å²) in [4.78, 5) is 16.0. The molecule has 0 bridgehead atoms. The molecule has 0 atom stereocenters. The maximum absolute atomic E-state index is 11.6. The van der Waals surface area contributed by atoms with Gasteiger partial charge in [-0.1, -0.05) is 109 Å². The molecule has 0 radical (unpaired) electrons. The van der Waals surface area contributed by atoms with Gasteiger partial charge in [0.2, 0.25) is 0 Å². The molecule has 320 valence electrons. The highest BCUT2D eigenvalue weighted by molar-refractivity contribution is 6.27. The van der Waals surface area contributed by atoms with E-state index in [9.17, 15) is 15.2 Å². The van der Waals surface area contributed by atoms with Gasteiger partial charge in [-0.05, 0) is 112 Å². The fourth-order valence-corrected chi connectivity index (χ4v) is 9.06. The molecule has 0 aliphatic carbocycles. The molecule has 0 amide bonds. The van der Waals surface area contributed by atoms with Gasteiger partial charge in [0.1, 0.15) is 34.2 Å². The number of furan rings is 1. The second kappa shape index (κ2) is 16.9. The number of hydrogen-bond acceptors (Lipinski definition) is 8. The molecule has 10 nitrogen and oxygen atoms in total. The van der Waals surface area contributed by atoms with E-state index >= 15 is 0 Å². The average Bonchev–Trinajstić information content (AvgIpc) is 4.13. The van der Waals surface area contributed by atoms with Gasteiger partial charge in [-0.25, -0.2) is 9.42 Å². The first-order chi connectivity index (χ1) is 32.9. The van der Waals surface area contributed by atoms with E-state index < -0.39 is 11.5 Å². The first-order valence-corrected chi connectivity index (χ1v) is 21.6. The quantitative estimate of drug-likeness (QED) is 0.0999. The molecule has 67 heavy (non-hydrogen) atoms. The number of carboxylic acids is 1. The van der Waals surface area contributed by atoms with Crippen molar-refractivity contribution in [1.29, 1.82) is 5.26 Å². The molecule has 0 spiro atoms. The molecule has 0 saturated carbocycles. The minimum Gasteiger partial charge on any atom is -0.477 e. The van der Waals surface area contributed by atoms with Crippen LogP contribution in [0.15, 0.2) is 215 Å². The SMILES string of the molecule is Cn1c2cc(-c3ccc(C=C(C#N)C(=O)O)o3)ccc2c2c(-c3ccc(N(c4ccccc4)c4ccccc4)cc3)c3nonc3c(-c3ccc(N(c4ccccc4)c4ccccc4)cc3)c21. The lowest BCUT2D eigenvalue weighted by Gasteiger charge is -2.25. The van der Waals surface area contributed by atoms with Crippen LogP contribution in [0.4, 0.5) is 34.1 Å². The maximum Gasteiger partial charge on any atom is 0.346 e. The number of para-hydroxylation sites is 4. The van der Waals surface area contributed by atoms with Crippen LogP contribution in [-0.4, -0.2) is 26.0 Å². The topological polar surface area (TPSA) is 125 Å². The molecule has 0 aliphatic heterocycles. The summed E-state index contributed by atoms with van der Waals surface area (Å²) in [5, 5.41) is 30.0. The Labute approximate surface area is 384 Å². The van der Waals surface area contributed by atoms with Crippen LogP contribution in [0.3, 0.4) is 0 Å². The van der Waals surface area contributed by atoms with Crippen LogP contribution in [0.1, 0.15) is 5.76 Å². The van der Waals surface area contributed by atoms with E-state index in [0.717, 1.165) is 83.7 Å². The predicted octanol–water partition coefficient (Wildman–Crippen LogP) is 14.4. The van der Waals surface area contributed by atoms with E-state index in [2.05, 4.69) is 134 Å². The number of carbonyl (C=O) groups is 1. The Balaban J connectivity index is 1.11. The third kappa shape index (κ3) is 7.23. The van der Waals surface area contributed by atoms with Gasteiger partial charge in [0, 0.05) is 80.2 Å². The van der Waals surface area contributed by atoms with E-state index in [1.807, 2.05) is 85.9 Å². The smallest absolute Gasteiger partial charge is 0.346 e. The zero-order valence-corrected chi connectivity index (χ0v) is 36.0. The monoisotopic (exact) mass is 870 g/mol. The Morgan fingerprint density at radius 1 is 0.582 bits per heavy atom. The lowest BCUT2D eigenvalue weighted by Crippen LogP contribution is -2.09.